The zero-order chi connectivity index (χ0) is 10.8. The van der Waals surface area contributed by atoms with Crippen LogP contribution in [0.5, 0.6) is 0 Å². The molecule has 1 saturated heterocycles. The predicted molar refractivity (Wildman–Crippen MR) is 56.2 cm³/mol. The summed E-state index contributed by atoms with van der Waals surface area (Å²) in [6, 6.07) is 1.36. The number of aromatic amines is 1. The molecule has 82 valence electrons. The third kappa shape index (κ3) is 2.22. The van der Waals surface area contributed by atoms with Gasteiger partial charge in [0.05, 0.1) is 0 Å². The third-order valence-corrected chi connectivity index (χ3v) is 5.70. The first-order valence-corrected chi connectivity index (χ1v) is 6.76. The van der Waals surface area contributed by atoms with Gasteiger partial charge in [-0.3, -0.25) is 0 Å². The van der Waals surface area contributed by atoms with Gasteiger partial charge in [-0.05, 0) is 0 Å². The number of hydrogen-bond acceptors (Lipinski definition) is 3. The Labute approximate surface area is 92.3 Å². The first-order chi connectivity index (χ1) is 7.20. The van der Waals surface area contributed by atoms with Gasteiger partial charge < -0.3 is 0 Å². The molecule has 2 rings (SSSR count). The Kier molecular flexibility index (Phi) is 3.09. The van der Waals surface area contributed by atoms with Crippen LogP contribution >= 0.6 is 0 Å². The van der Waals surface area contributed by atoms with Gasteiger partial charge in [0.15, 0.2) is 0 Å². The summed E-state index contributed by atoms with van der Waals surface area (Å²) in [5, 5.41) is 9.01. The van der Waals surface area contributed by atoms with Crippen LogP contribution in [0.1, 0.15) is 17.8 Å². The summed E-state index contributed by atoms with van der Waals surface area (Å²) in [6.45, 7) is 0.203. The molecular formula is C9H12N2O3Se. The van der Waals surface area contributed by atoms with Gasteiger partial charge in [-0.1, -0.05) is 0 Å². The van der Waals surface area contributed by atoms with Crippen molar-refractivity contribution in [3.8, 4) is 0 Å². The summed E-state index contributed by atoms with van der Waals surface area (Å²) in [5.74, 6) is 0. The van der Waals surface area contributed by atoms with E-state index in [1.165, 1.54) is 6.07 Å². The molecular weight excluding hydrogens is 263 g/mol. The van der Waals surface area contributed by atoms with Gasteiger partial charge in [0.2, 0.25) is 0 Å². The Balaban J connectivity index is 2.24. The average molecular weight is 275 g/mol. The molecule has 0 aliphatic carbocycles. The maximum atomic E-state index is 11.5. The SMILES string of the molecule is O=c1ccn([C@@H]2CC[C@H](CO)[Se]2)c(=O)[nH]1. The molecule has 1 aliphatic heterocycles. The molecule has 1 fully saturated rings. The Morgan fingerprint density at radius 1 is 1.53 bits per heavy atom. The van der Waals surface area contributed by atoms with Gasteiger partial charge in [-0.15, -0.1) is 0 Å². The molecule has 1 aromatic rings. The van der Waals surface area contributed by atoms with Crippen LogP contribution in [-0.4, -0.2) is 36.2 Å². The molecule has 0 spiro atoms. The molecule has 2 atom stereocenters. The number of rotatable bonds is 2. The Bertz CT molecular complexity index is 453. The fourth-order valence-electron chi connectivity index (χ4n) is 1.68. The van der Waals surface area contributed by atoms with Crippen LogP contribution in [0.4, 0.5) is 0 Å². The number of aliphatic hydroxyl groups is 1. The molecule has 0 aromatic carbocycles. The van der Waals surface area contributed by atoms with Crippen molar-refractivity contribution in [2.75, 3.05) is 6.61 Å². The third-order valence-electron chi connectivity index (χ3n) is 2.45. The van der Waals surface area contributed by atoms with E-state index in [0.717, 1.165) is 12.8 Å². The average Bonchev–Trinajstić information content (AvgIpc) is 2.66. The van der Waals surface area contributed by atoms with Crippen LogP contribution in [0.25, 0.3) is 0 Å². The summed E-state index contributed by atoms with van der Waals surface area (Å²) in [6.07, 6.45) is 3.43. The maximum absolute atomic E-state index is 11.5. The molecule has 6 heteroatoms. The molecule has 0 saturated carbocycles. The van der Waals surface area contributed by atoms with Crippen molar-refractivity contribution in [3.63, 3.8) is 0 Å². The molecule has 0 radical (unpaired) electrons. The summed E-state index contributed by atoms with van der Waals surface area (Å²) in [4.78, 5) is 25.1. The van der Waals surface area contributed by atoms with Crippen molar-refractivity contribution in [3.05, 3.63) is 33.1 Å². The molecule has 0 bridgehead atoms. The van der Waals surface area contributed by atoms with E-state index in [1.54, 1.807) is 10.8 Å². The number of aliphatic hydroxyl groups excluding tert-OH is 1. The predicted octanol–water partition coefficient (Wildman–Crippen LogP) is -0.686. The van der Waals surface area contributed by atoms with E-state index >= 15 is 0 Å². The van der Waals surface area contributed by atoms with Crippen molar-refractivity contribution in [1.29, 1.82) is 0 Å². The second-order valence-electron chi connectivity index (χ2n) is 3.49. The molecule has 5 nitrogen and oxygen atoms in total. The van der Waals surface area contributed by atoms with Gasteiger partial charge in [0, 0.05) is 0 Å². The van der Waals surface area contributed by atoms with Crippen molar-refractivity contribution >= 4 is 15.0 Å². The van der Waals surface area contributed by atoms with E-state index in [1.807, 2.05) is 0 Å². The van der Waals surface area contributed by atoms with Gasteiger partial charge in [0.1, 0.15) is 0 Å². The molecule has 0 amide bonds. The Hall–Kier alpha value is -0.841. The van der Waals surface area contributed by atoms with Crippen LogP contribution in [0.2, 0.25) is 4.82 Å². The summed E-state index contributed by atoms with van der Waals surface area (Å²) >= 11 is 0.233. The molecule has 2 N–H and O–H groups in total. The molecule has 15 heavy (non-hydrogen) atoms. The van der Waals surface area contributed by atoms with Crippen LogP contribution in [0, 0.1) is 0 Å². The quantitative estimate of drug-likeness (QED) is 0.702. The fourth-order valence-corrected chi connectivity index (χ4v) is 4.56. The van der Waals surface area contributed by atoms with Gasteiger partial charge >= 0.3 is 91.9 Å². The molecule has 1 aliphatic rings. The number of hydrogen-bond donors (Lipinski definition) is 2. The van der Waals surface area contributed by atoms with Crippen LogP contribution in [-0.2, 0) is 0 Å². The fraction of sp³-hybridized carbons (Fsp3) is 0.556. The zero-order valence-electron chi connectivity index (χ0n) is 8.05. The number of nitrogens with zero attached hydrogens (tertiary/aromatic N) is 1. The Morgan fingerprint density at radius 3 is 2.93 bits per heavy atom. The number of aromatic nitrogens is 2. The van der Waals surface area contributed by atoms with Crippen molar-refractivity contribution in [1.82, 2.24) is 9.55 Å². The monoisotopic (exact) mass is 276 g/mol. The minimum absolute atomic E-state index is 0.180. The number of nitrogens with one attached hydrogen (secondary N) is 1. The second kappa shape index (κ2) is 4.35. The standard InChI is InChI=1S/C9H12N2O3Se/c12-5-6-1-2-8(15-6)11-4-3-7(13)10-9(11)14/h3-4,6,8,12H,1-2,5H2,(H,10,13,14)/t6-,8+/m1/s1. The zero-order valence-corrected chi connectivity index (χ0v) is 9.76. The van der Waals surface area contributed by atoms with E-state index < -0.39 is 0 Å². The van der Waals surface area contributed by atoms with Crippen molar-refractivity contribution in [2.24, 2.45) is 0 Å². The normalized spacial score (nSPS) is 25.7. The van der Waals surface area contributed by atoms with E-state index in [4.69, 9.17) is 5.11 Å². The molecule has 2 heterocycles. The molecule has 1 aromatic heterocycles. The van der Waals surface area contributed by atoms with Crippen LogP contribution in [0.3, 0.4) is 0 Å². The summed E-state index contributed by atoms with van der Waals surface area (Å²) in [7, 11) is 0. The van der Waals surface area contributed by atoms with E-state index in [2.05, 4.69) is 4.98 Å². The topological polar surface area (TPSA) is 75.1 Å². The first-order valence-electron chi connectivity index (χ1n) is 4.78. The number of H-pyrrole nitrogens is 1. The van der Waals surface area contributed by atoms with E-state index in [-0.39, 0.29) is 37.8 Å². The van der Waals surface area contributed by atoms with Gasteiger partial charge in [-0.25, -0.2) is 0 Å². The van der Waals surface area contributed by atoms with Crippen LogP contribution in [0.15, 0.2) is 21.9 Å². The molecule has 0 unspecified atom stereocenters. The van der Waals surface area contributed by atoms with Gasteiger partial charge in [-0.2, -0.15) is 0 Å². The van der Waals surface area contributed by atoms with Gasteiger partial charge in [0.25, 0.3) is 0 Å². The summed E-state index contributed by atoms with van der Waals surface area (Å²) < 4.78 is 1.58. The van der Waals surface area contributed by atoms with Crippen molar-refractivity contribution < 1.29 is 5.11 Å². The Morgan fingerprint density at radius 2 is 2.33 bits per heavy atom. The second-order valence-corrected chi connectivity index (χ2v) is 6.60. The van der Waals surface area contributed by atoms with Crippen molar-refractivity contribution in [2.45, 2.75) is 22.6 Å². The summed E-state index contributed by atoms with van der Waals surface area (Å²) in [5.41, 5.74) is -0.701. The van der Waals surface area contributed by atoms with E-state index in [9.17, 15) is 9.59 Å². The van der Waals surface area contributed by atoms with E-state index in [0.29, 0.717) is 4.82 Å². The minimum atomic E-state index is -0.361. The first kappa shape index (κ1) is 10.7. The van der Waals surface area contributed by atoms with Crippen LogP contribution < -0.4 is 11.2 Å².